The zero-order valence-corrected chi connectivity index (χ0v) is 14.2. The normalized spacial score (nSPS) is 43.5. The molecule has 4 bridgehead atoms. The second-order valence-corrected chi connectivity index (χ2v) is 9.86. The Morgan fingerprint density at radius 3 is 2.05 bits per heavy atom. The molecule has 0 heterocycles. The van der Waals surface area contributed by atoms with Crippen LogP contribution >= 0.6 is 0 Å². The summed E-state index contributed by atoms with van der Waals surface area (Å²) < 4.78 is 11.4. The highest BCUT2D eigenvalue weighted by molar-refractivity contribution is 7.84. The van der Waals surface area contributed by atoms with E-state index in [0.717, 1.165) is 30.7 Å². The highest BCUT2D eigenvalue weighted by Gasteiger charge is 2.52. The molecule has 0 amide bonds. The summed E-state index contributed by atoms with van der Waals surface area (Å²) in [6.45, 7) is 5.55. The van der Waals surface area contributed by atoms with Crippen LogP contribution in [0.1, 0.15) is 58.8 Å². The van der Waals surface area contributed by atoms with Crippen molar-refractivity contribution in [3.63, 3.8) is 0 Å². The van der Waals surface area contributed by atoms with Crippen molar-refractivity contribution in [2.45, 2.75) is 70.1 Å². The molecule has 0 aliphatic heterocycles. The van der Waals surface area contributed by atoms with E-state index in [-0.39, 0.29) is 0 Å². The van der Waals surface area contributed by atoms with Gasteiger partial charge in [-0.15, -0.1) is 0 Å². The number of rotatable bonds is 6. The van der Waals surface area contributed by atoms with Gasteiger partial charge in [0.05, 0.1) is 0 Å². The summed E-state index contributed by atoms with van der Waals surface area (Å²) in [5, 5.41) is 4.12. The van der Waals surface area contributed by atoms with E-state index in [1.807, 2.05) is 6.26 Å². The van der Waals surface area contributed by atoms with Crippen molar-refractivity contribution in [1.29, 1.82) is 0 Å². The van der Waals surface area contributed by atoms with Crippen molar-refractivity contribution in [3.05, 3.63) is 0 Å². The lowest BCUT2D eigenvalue weighted by Crippen LogP contribution is -2.55. The molecule has 0 saturated heterocycles. The Kier molecular flexibility index (Phi) is 4.29. The van der Waals surface area contributed by atoms with Crippen LogP contribution in [-0.4, -0.2) is 28.3 Å². The van der Waals surface area contributed by atoms with Crippen LogP contribution in [0.3, 0.4) is 0 Å². The highest BCUT2D eigenvalue weighted by atomic mass is 32.2. The molecule has 4 rings (SSSR count). The molecule has 4 fully saturated rings. The molecule has 0 aromatic rings. The van der Waals surface area contributed by atoms with Gasteiger partial charge in [0.25, 0.3) is 0 Å². The van der Waals surface area contributed by atoms with Gasteiger partial charge in [-0.2, -0.15) is 0 Å². The zero-order valence-electron chi connectivity index (χ0n) is 13.4. The van der Waals surface area contributed by atoms with Crippen LogP contribution in [0.2, 0.25) is 0 Å². The fourth-order valence-corrected chi connectivity index (χ4v) is 6.04. The molecule has 0 aromatic carbocycles. The fourth-order valence-electron chi connectivity index (χ4n) is 5.59. The molecular formula is C17H31NOS. The Labute approximate surface area is 126 Å². The predicted molar refractivity (Wildman–Crippen MR) is 86.2 cm³/mol. The van der Waals surface area contributed by atoms with Crippen molar-refractivity contribution in [3.8, 4) is 0 Å². The minimum Gasteiger partial charge on any atom is -0.314 e. The Hall–Kier alpha value is 0.110. The van der Waals surface area contributed by atoms with Crippen LogP contribution in [0, 0.1) is 23.2 Å². The number of hydrogen-bond acceptors (Lipinski definition) is 2. The summed E-state index contributed by atoms with van der Waals surface area (Å²) in [4.78, 5) is 0. The average molecular weight is 298 g/mol. The van der Waals surface area contributed by atoms with E-state index in [2.05, 4.69) is 19.2 Å². The first-order valence-corrected chi connectivity index (χ1v) is 10.2. The first kappa shape index (κ1) is 15.0. The van der Waals surface area contributed by atoms with Crippen molar-refractivity contribution >= 4 is 10.8 Å². The molecule has 4 saturated carbocycles. The second kappa shape index (κ2) is 5.72. The summed E-state index contributed by atoms with van der Waals surface area (Å²) in [5.41, 5.74) is 0.601. The summed E-state index contributed by atoms with van der Waals surface area (Å²) in [5.74, 6) is 3.10. The van der Waals surface area contributed by atoms with Gasteiger partial charge in [0.2, 0.25) is 0 Å². The van der Waals surface area contributed by atoms with Gasteiger partial charge in [0.15, 0.2) is 0 Å². The van der Waals surface area contributed by atoms with E-state index in [1.165, 1.54) is 38.5 Å². The van der Waals surface area contributed by atoms with E-state index in [4.69, 9.17) is 0 Å². The standard InChI is InChI=1S/C17H31NOS/c1-12(20(3)19)4-5-18-13(2)17-9-14-6-15(10-17)8-16(7-14)11-17/h12-16,18H,4-11H2,1-3H3. The maximum absolute atomic E-state index is 11.4. The molecule has 1 N–H and O–H groups in total. The van der Waals surface area contributed by atoms with E-state index in [0.29, 0.717) is 16.7 Å². The Morgan fingerprint density at radius 2 is 1.60 bits per heavy atom. The lowest BCUT2D eigenvalue weighted by Gasteiger charge is -2.59. The molecular weight excluding hydrogens is 266 g/mol. The van der Waals surface area contributed by atoms with Crippen LogP contribution in [0.5, 0.6) is 0 Å². The van der Waals surface area contributed by atoms with Crippen molar-refractivity contribution in [2.75, 3.05) is 12.8 Å². The quantitative estimate of drug-likeness (QED) is 0.814. The first-order valence-electron chi connectivity index (χ1n) is 8.54. The monoisotopic (exact) mass is 297 g/mol. The molecule has 116 valence electrons. The van der Waals surface area contributed by atoms with Crippen LogP contribution in [-0.2, 0) is 10.8 Å². The van der Waals surface area contributed by atoms with Crippen LogP contribution in [0.15, 0.2) is 0 Å². The first-order chi connectivity index (χ1) is 9.48. The van der Waals surface area contributed by atoms with Gasteiger partial charge in [0, 0.05) is 28.3 Å². The zero-order chi connectivity index (χ0) is 14.3. The van der Waals surface area contributed by atoms with E-state index >= 15 is 0 Å². The predicted octanol–water partition coefficient (Wildman–Crippen LogP) is 3.34. The van der Waals surface area contributed by atoms with Gasteiger partial charge in [-0.25, -0.2) is 0 Å². The molecule has 4 aliphatic carbocycles. The van der Waals surface area contributed by atoms with Gasteiger partial charge in [-0.3, -0.25) is 4.21 Å². The Morgan fingerprint density at radius 1 is 1.10 bits per heavy atom. The number of hydrogen-bond donors (Lipinski definition) is 1. The molecule has 2 nitrogen and oxygen atoms in total. The lowest BCUT2D eigenvalue weighted by atomic mass is 9.48. The third-order valence-electron chi connectivity index (χ3n) is 6.57. The van der Waals surface area contributed by atoms with Gasteiger partial charge >= 0.3 is 0 Å². The third-order valence-corrected chi connectivity index (χ3v) is 7.94. The molecule has 0 radical (unpaired) electrons. The molecule has 0 aromatic heterocycles. The molecule has 3 atom stereocenters. The maximum Gasteiger partial charge on any atom is 0.0329 e. The van der Waals surface area contributed by atoms with Gasteiger partial charge in [0.1, 0.15) is 0 Å². The van der Waals surface area contributed by atoms with Crippen LogP contribution in [0.25, 0.3) is 0 Å². The minimum atomic E-state index is -0.675. The van der Waals surface area contributed by atoms with Gasteiger partial charge in [-0.05, 0) is 81.6 Å². The topological polar surface area (TPSA) is 29.1 Å². The van der Waals surface area contributed by atoms with Crippen molar-refractivity contribution in [2.24, 2.45) is 23.2 Å². The largest absolute Gasteiger partial charge is 0.314 e. The smallest absolute Gasteiger partial charge is 0.0329 e. The molecule has 3 heteroatoms. The molecule has 4 aliphatic rings. The molecule has 3 unspecified atom stereocenters. The van der Waals surface area contributed by atoms with Gasteiger partial charge < -0.3 is 5.32 Å². The summed E-state index contributed by atoms with van der Waals surface area (Å²) in [6.07, 6.45) is 11.9. The minimum absolute atomic E-state index is 0.325. The van der Waals surface area contributed by atoms with E-state index in [9.17, 15) is 4.21 Å². The second-order valence-electron chi connectivity index (χ2n) is 8.05. The summed E-state index contributed by atoms with van der Waals surface area (Å²) in [6, 6.07) is 0.647. The molecule has 20 heavy (non-hydrogen) atoms. The van der Waals surface area contributed by atoms with E-state index < -0.39 is 10.8 Å². The summed E-state index contributed by atoms with van der Waals surface area (Å²) >= 11 is 0. The van der Waals surface area contributed by atoms with Crippen molar-refractivity contribution in [1.82, 2.24) is 5.32 Å². The van der Waals surface area contributed by atoms with Crippen LogP contribution in [0.4, 0.5) is 0 Å². The SMILES string of the molecule is CC(CCNC(C)C12CC3CC(CC(C3)C1)C2)S(C)=O. The Bertz CT molecular complexity index is 346. The average Bonchev–Trinajstić information content (AvgIpc) is 2.36. The maximum atomic E-state index is 11.4. The van der Waals surface area contributed by atoms with Crippen LogP contribution < -0.4 is 5.32 Å². The Balaban J connectivity index is 1.54. The number of nitrogens with one attached hydrogen (secondary N) is 1. The summed E-state index contributed by atoms with van der Waals surface area (Å²) in [7, 11) is -0.675. The fraction of sp³-hybridized carbons (Fsp3) is 1.00. The third kappa shape index (κ3) is 2.85. The van der Waals surface area contributed by atoms with E-state index in [1.54, 1.807) is 0 Å². The van der Waals surface area contributed by atoms with Crippen molar-refractivity contribution < 1.29 is 4.21 Å². The lowest BCUT2D eigenvalue weighted by molar-refractivity contribution is -0.0703. The highest BCUT2D eigenvalue weighted by Crippen LogP contribution is 2.61. The van der Waals surface area contributed by atoms with Gasteiger partial charge in [-0.1, -0.05) is 6.92 Å². The molecule has 0 spiro atoms.